The second kappa shape index (κ2) is 33.3. The number of carbonyl (C=O) groups excluding carboxylic acids is 2. The van der Waals surface area contributed by atoms with Crippen LogP contribution in [0.15, 0.2) is 0 Å². The smallest absolute Gasteiger partial charge is 0.306 e. The van der Waals surface area contributed by atoms with E-state index in [2.05, 4.69) is 6.92 Å². The van der Waals surface area contributed by atoms with Crippen molar-refractivity contribution in [3.8, 4) is 0 Å². The van der Waals surface area contributed by atoms with Crippen LogP contribution in [0.4, 0.5) is 0 Å². The van der Waals surface area contributed by atoms with E-state index in [1.54, 1.807) is 0 Å². The van der Waals surface area contributed by atoms with E-state index < -0.39 is 55.4 Å². The van der Waals surface area contributed by atoms with Crippen LogP contribution < -0.4 is 0 Å². The molecule has 0 aromatic rings. The second-order valence-electron chi connectivity index (χ2n) is 14.8. The van der Waals surface area contributed by atoms with Crippen LogP contribution in [0.25, 0.3) is 0 Å². The topological polar surface area (TPSA) is 152 Å². The Bertz CT molecular complexity index is 809. The molecule has 1 heterocycles. The van der Waals surface area contributed by atoms with Crippen molar-refractivity contribution in [2.24, 2.45) is 0 Å². The average molecular weight is 731 g/mol. The van der Waals surface area contributed by atoms with Gasteiger partial charge in [-0.25, -0.2) is 0 Å². The van der Waals surface area contributed by atoms with Crippen molar-refractivity contribution in [2.75, 3.05) is 19.8 Å². The van der Waals surface area contributed by atoms with Gasteiger partial charge in [0.2, 0.25) is 0 Å². The zero-order chi connectivity index (χ0) is 37.4. The molecule has 0 aromatic heterocycles. The van der Waals surface area contributed by atoms with Crippen LogP contribution in [0.5, 0.6) is 0 Å². The molecule has 0 radical (unpaired) electrons. The minimum Gasteiger partial charge on any atom is -0.462 e. The van der Waals surface area contributed by atoms with Crippen molar-refractivity contribution in [3.05, 3.63) is 0 Å². The molecule has 0 spiro atoms. The third kappa shape index (κ3) is 25.4. The van der Waals surface area contributed by atoms with Gasteiger partial charge < -0.3 is 39.4 Å². The number of aliphatic hydroxyl groups is 4. The molecule has 1 saturated heterocycles. The summed E-state index contributed by atoms with van der Waals surface area (Å²) in [4.78, 5) is 24.8. The summed E-state index contributed by atoms with van der Waals surface area (Å²) in [5.74, 6) is -0.824. The molecule has 302 valence electrons. The second-order valence-corrected chi connectivity index (χ2v) is 14.8. The number of hydrogen-bond donors (Lipinski definition) is 4. The first-order valence-corrected chi connectivity index (χ1v) is 21.1. The molecule has 0 aliphatic carbocycles. The Balaban J connectivity index is 2.12. The summed E-state index contributed by atoms with van der Waals surface area (Å²) in [5, 5.41) is 39.7. The summed E-state index contributed by atoms with van der Waals surface area (Å²) in [6.07, 6.45) is 25.1. The first-order valence-electron chi connectivity index (χ1n) is 21.1. The highest BCUT2D eigenvalue weighted by Crippen LogP contribution is 2.23. The molecule has 1 rings (SSSR count). The molecule has 0 amide bonds. The van der Waals surface area contributed by atoms with Crippen molar-refractivity contribution in [3.63, 3.8) is 0 Å². The van der Waals surface area contributed by atoms with Crippen molar-refractivity contribution in [1.82, 2.24) is 0 Å². The minimum atomic E-state index is -1.59. The molecular weight excluding hydrogens is 652 g/mol. The highest BCUT2D eigenvalue weighted by Gasteiger charge is 2.44. The van der Waals surface area contributed by atoms with Gasteiger partial charge in [-0.05, 0) is 12.8 Å². The Morgan fingerprint density at radius 2 is 0.922 bits per heavy atom. The number of ether oxygens (including phenoxy) is 4. The van der Waals surface area contributed by atoms with Gasteiger partial charge in [0.1, 0.15) is 31.0 Å². The van der Waals surface area contributed by atoms with Gasteiger partial charge in [-0.1, -0.05) is 168 Å². The van der Waals surface area contributed by atoms with Crippen LogP contribution in [-0.4, -0.2) is 89.0 Å². The van der Waals surface area contributed by atoms with Crippen LogP contribution in [0.3, 0.4) is 0 Å². The van der Waals surface area contributed by atoms with E-state index in [1.165, 1.54) is 122 Å². The summed E-state index contributed by atoms with van der Waals surface area (Å²) in [5.41, 5.74) is 0. The molecule has 6 atom stereocenters. The molecule has 1 fully saturated rings. The zero-order valence-corrected chi connectivity index (χ0v) is 32.6. The molecule has 6 unspecified atom stereocenters. The fourth-order valence-electron chi connectivity index (χ4n) is 6.60. The molecule has 0 aromatic carbocycles. The highest BCUT2D eigenvalue weighted by atomic mass is 16.7. The van der Waals surface area contributed by atoms with E-state index in [-0.39, 0.29) is 26.1 Å². The van der Waals surface area contributed by atoms with Gasteiger partial charge in [-0.3, -0.25) is 9.59 Å². The predicted molar refractivity (Wildman–Crippen MR) is 201 cm³/mol. The summed E-state index contributed by atoms with van der Waals surface area (Å²) < 4.78 is 21.8. The van der Waals surface area contributed by atoms with E-state index in [4.69, 9.17) is 18.9 Å². The first-order chi connectivity index (χ1) is 24.8. The van der Waals surface area contributed by atoms with Crippen molar-refractivity contribution in [1.29, 1.82) is 0 Å². The number of carbonyl (C=O) groups is 2. The predicted octanol–water partition coefficient (Wildman–Crippen LogP) is 8.22. The first kappa shape index (κ1) is 47.7. The van der Waals surface area contributed by atoms with Crippen LogP contribution in [0, 0.1) is 0 Å². The maximum atomic E-state index is 12.6. The molecule has 1 aliphatic heterocycles. The van der Waals surface area contributed by atoms with E-state index >= 15 is 0 Å². The lowest BCUT2D eigenvalue weighted by atomic mass is 9.99. The van der Waals surface area contributed by atoms with Crippen molar-refractivity contribution >= 4 is 11.9 Å². The van der Waals surface area contributed by atoms with Crippen molar-refractivity contribution < 1.29 is 49.0 Å². The number of esters is 2. The fourth-order valence-corrected chi connectivity index (χ4v) is 6.60. The van der Waals surface area contributed by atoms with Gasteiger partial charge in [0.15, 0.2) is 12.4 Å². The van der Waals surface area contributed by atoms with E-state index in [0.717, 1.165) is 32.1 Å². The number of unbranched alkanes of at least 4 members (excludes halogenated alkanes) is 24. The van der Waals surface area contributed by atoms with Gasteiger partial charge in [0.25, 0.3) is 0 Å². The van der Waals surface area contributed by atoms with E-state index in [9.17, 15) is 30.0 Å². The lowest BCUT2D eigenvalue weighted by molar-refractivity contribution is -0.305. The Kier molecular flexibility index (Phi) is 31.1. The molecule has 0 saturated carbocycles. The van der Waals surface area contributed by atoms with E-state index in [0.29, 0.717) is 12.8 Å². The number of rotatable bonds is 35. The Morgan fingerprint density at radius 1 is 0.529 bits per heavy atom. The molecule has 51 heavy (non-hydrogen) atoms. The molecule has 10 heteroatoms. The highest BCUT2D eigenvalue weighted by molar-refractivity contribution is 5.70. The molecule has 4 N–H and O–H groups in total. The van der Waals surface area contributed by atoms with Crippen LogP contribution in [-0.2, 0) is 28.5 Å². The average Bonchev–Trinajstić information content (AvgIpc) is 3.12. The van der Waals surface area contributed by atoms with Crippen molar-refractivity contribution in [2.45, 2.75) is 230 Å². The largest absolute Gasteiger partial charge is 0.462 e. The SMILES string of the molecule is CCCCCCCCCCCCCCCCCCCCCCCCCC(=O)OC(COC(=O)CCCCC)COC1OC(CO)C(O)C(O)C1O. The third-order valence-electron chi connectivity index (χ3n) is 9.99. The lowest BCUT2D eigenvalue weighted by Crippen LogP contribution is -2.59. The zero-order valence-electron chi connectivity index (χ0n) is 32.6. The normalized spacial score (nSPS) is 21.1. The molecule has 10 nitrogen and oxygen atoms in total. The minimum absolute atomic E-state index is 0.215. The fraction of sp³-hybridized carbons (Fsp3) is 0.951. The Labute approximate surface area is 310 Å². The van der Waals surface area contributed by atoms with Gasteiger partial charge in [0.05, 0.1) is 13.2 Å². The molecule has 0 bridgehead atoms. The van der Waals surface area contributed by atoms with Gasteiger partial charge in [-0.2, -0.15) is 0 Å². The Hall–Kier alpha value is -1.30. The van der Waals surface area contributed by atoms with Crippen LogP contribution >= 0.6 is 0 Å². The quantitative estimate of drug-likeness (QED) is 0.0371. The molecular formula is C41H78O10. The van der Waals surface area contributed by atoms with E-state index in [1.807, 2.05) is 6.92 Å². The van der Waals surface area contributed by atoms with Crippen LogP contribution in [0.1, 0.15) is 194 Å². The molecule has 1 aliphatic rings. The van der Waals surface area contributed by atoms with Crippen LogP contribution in [0.2, 0.25) is 0 Å². The summed E-state index contributed by atoms with van der Waals surface area (Å²) in [6, 6.07) is 0. The third-order valence-corrected chi connectivity index (χ3v) is 9.99. The summed E-state index contributed by atoms with van der Waals surface area (Å²) in [7, 11) is 0. The number of hydrogen-bond acceptors (Lipinski definition) is 10. The lowest BCUT2D eigenvalue weighted by Gasteiger charge is -2.39. The Morgan fingerprint density at radius 3 is 1.37 bits per heavy atom. The summed E-state index contributed by atoms with van der Waals surface area (Å²) >= 11 is 0. The van der Waals surface area contributed by atoms with Gasteiger partial charge in [0, 0.05) is 12.8 Å². The van der Waals surface area contributed by atoms with Gasteiger partial charge in [-0.15, -0.1) is 0 Å². The summed E-state index contributed by atoms with van der Waals surface area (Å²) in [6.45, 7) is 3.25. The monoisotopic (exact) mass is 731 g/mol. The maximum Gasteiger partial charge on any atom is 0.306 e. The maximum absolute atomic E-state index is 12.6. The van der Waals surface area contributed by atoms with Gasteiger partial charge >= 0.3 is 11.9 Å². The number of aliphatic hydroxyl groups excluding tert-OH is 4. The standard InChI is InChI=1S/C41H78O10/c1-3-5-7-8-9-10-11-12-13-14-15-16-17-18-19-20-21-22-23-24-25-26-28-30-37(44)50-34(32-48-36(43)29-27-6-4-2)33-49-41-40(47)39(46)38(45)35(31-42)51-41/h34-35,38-42,45-47H,3-33H2,1-2H3.